The van der Waals surface area contributed by atoms with E-state index < -0.39 is 6.29 Å². The Hall–Kier alpha value is -3.93. The third-order valence-electron chi connectivity index (χ3n) is 5.90. The van der Waals surface area contributed by atoms with Crippen molar-refractivity contribution in [3.05, 3.63) is 83.2 Å². The minimum absolute atomic E-state index is 0.130. The van der Waals surface area contributed by atoms with Crippen LogP contribution >= 0.6 is 11.3 Å². The van der Waals surface area contributed by atoms with Crippen molar-refractivity contribution in [1.82, 2.24) is 25.3 Å². The summed E-state index contributed by atoms with van der Waals surface area (Å²) in [4.78, 5) is 30.5. The van der Waals surface area contributed by atoms with Gasteiger partial charge < -0.3 is 25.1 Å². The number of benzene rings is 1. The highest BCUT2D eigenvalue weighted by molar-refractivity contribution is 7.09. The number of carbonyl (C=O) groups excluding carboxylic acids is 1. The standard InChI is InChI=1S/C27H27FN6O3S/c1-2-10-29-26(35)18-15-36-23(37-16-18)13-22-33-24(17-5-7-19(28)8-6-17)25(34-22)21-9-11-30-27(32-21)31-14-20-4-3-12-38-20/h2-9,11-12,18,23H,1,10,13-16H2,(H,29,35)(H,33,34)(H,30,31,32). The monoisotopic (exact) mass is 534 g/mol. The molecule has 1 saturated heterocycles. The van der Waals surface area contributed by atoms with Crippen LogP contribution in [0.3, 0.4) is 0 Å². The molecule has 11 heteroatoms. The number of aromatic nitrogens is 4. The van der Waals surface area contributed by atoms with Gasteiger partial charge in [0.2, 0.25) is 11.9 Å². The van der Waals surface area contributed by atoms with Crippen LogP contribution in [0.1, 0.15) is 10.7 Å². The van der Waals surface area contributed by atoms with Crippen LogP contribution in [0.5, 0.6) is 0 Å². The lowest BCUT2D eigenvalue weighted by Crippen LogP contribution is -2.42. The van der Waals surface area contributed by atoms with Gasteiger partial charge in [-0.05, 0) is 41.8 Å². The van der Waals surface area contributed by atoms with E-state index in [-0.39, 0.29) is 30.9 Å². The van der Waals surface area contributed by atoms with Crippen LogP contribution in [-0.2, 0) is 27.2 Å². The SMILES string of the molecule is C=CCNC(=O)C1COC(Cc2nc(-c3ccc(F)cc3)c(-c3ccnc(NCc4cccs4)n3)[nH]2)OC1. The molecule has 196 valence electrons. The molecule has 0 unspecified atom stereocenters. The number of anilines is 1. The van der Waals surface area contributed by atoms with Crippen LogP contribution in [0.2, 0.25) is 0 Å². The zero-order valence-electron chi connectivity index (χ0n) is 20.5. The minimum Gasteiger partial charge on any atom is -0.352 e. The number of ether oxygens (including phenoxy) is 2. The molecule has 0 radical (unpaired) electrons. The largest absolute Gasteiger partial charge is 0.352 e. The molecule has 1 aliphatic heterocycles. The first kappa shape index (κ1) is 25.7. The molecule has 9 nitrogen and oxygen atoms in total. The summed E-state index contributed by atoms with van der Waals surface area (Å²) in [5, 5.41) is 8.03. The topological polar surface area (TPSA) is 114 Å². The lowest BCUT2D eigenvalue weighted by Gasteiger charge is -2.28. The van der Waals surface area contributed by atoms with Gasteiger partial charge in [-0.3, -0.25) is 4.79 Å². The summed E-state index contributed by atoms with van der Waals surface area (Å²) < 4.78 is 25.2. The van der Waals surface area contributed by atoms with Gasteiger partial charge in [0.15, 0.2) is 6.29 Å². The summed E-state index contributed by atoms with van der Waals surface area (Å²) >= 11 is 1.65. The Bertz CT molecular complexity index is 1370. The van der Waals surface area contributed by atoms with Crippen molar-refractivity contribution in [2.24, 2.45) is 5.92 Å². The van der Waals surface area contributed by atoms with Gasteiger partial charge in [0.05, 0.1) is 49.2 Å². The number of amides is 1. The first-order valence-electron chi connectivity index (χ1n) is 12.2. The Labute approximate surface area is 223 Å². The molecular formula is C27H27FN6O3S. The average Bonchev–Trinajstić information content (AvgIpc) is 3.62. The van der Waals surface area contributed by atoms with E-state index in [9.17, 15) is 9.18 Å². The van der Waals surface area contributed by atoms with Crippen LogP contribution in [0.4, 0.5) is 10.3 Å². The number of halogens is 1. The van der Waals surface area contributed by atoms with Gasteiger partial charge in [-0.15, -0.1) is 17.9 Å². The molecule has 0 spiro atoms. The van der Waals surface area contributed by atoms with Gasteiger partial charge in [-0.25, -0.2) is 19.3 Å². The smallest absolute Gasteiger partial charge is 0.228 e. The first-order valence-corrected chi connectivity index (χ1v) is 13.0. The highest BCUT2D eigenvalue weighted by Gasteiger charge is 2.28. The third kappa shape index (κ3) is 6.31. The van der Waals surface area contributed by atoms with Crippen molar-refractivity contribution in [1.29, 1.82) is 0 Å². The summed E-state index contributed by atoms with van der Waals surface area (Å²) in [5.74, 6) is 0.259. The Morgan fingerprint density at radius 3 is 2.74 bits per heavy atom. The molecule has 3 N–H and O–H groups in total. The predicted molar refractivity (Wildman–Crippen MR) is 143 cm³/mol. The highest BCUT2D eigenvalue weighted by Crippen LogP contribution is 2.30. The van der Waals surface area contributed by atoms with Crippen LogP contribution in [0.15, 0.2) is 66.7 Å². The van der Waals surface area contributed by atoms with Gasteiger partial charge in [0, 0.05) is 23.2 Å². The Kier molecular flexibility index (Phi) is 8.17. The van der Waals surface area contributed by atoms with E-state index in [2.05, 4.69) is 32.2 Å². The second kappa shape index (κ2) is 12.1. The molecule has 38 heavy (non-hydrogen) atoms. The number of hydrogen-bond donors (Lipinski definition) is 3. The number of carbonyl (C=O) groups is 1. The summed E-state index contributed by atoms with van der Waals surface area (Å²) in [6, 6.07) is 12.0. The number of imidazole rings is 1. The lowest BCUT2D eigenvalue weighted by molar-refractivity contribution is -0.200. The van der Waals surface area contributed by atoms with Crippen LogP contribution in [0, 0.1) is 11.7 Å². The maximum atomic E-state index is 13.6. The van der Waals surface area contributed by atoms with E-state index in [1.54, 1.807) is 41.8 Å². The van der Waals surface area contributed by atoms with Gasteiger partial charge in [-0.1, -0.05) is 12.1 Å². The quantitative estimate of drug-likeness (QED) is 0.262. The van der Waals surface area contributed by atoms with E-state index in [4.69, 9.17) is 14.5 Å². The molecule has 4 heterocycles. The fraction of sp³-hybridized carbons (Fsp3) is 0.259. The summed E-state index contributed by atoms with van der Waals surface area (Å²) in [7, 11) is 0. The van der Waals surface area contributed by atoms with Gasteiger partial charge >= 0.3 is 0 Å². The molecule has 3 aromatic heterocycles. The van der Waals surface area contributed by atoms with E-state index in [0.717, 1.165) is 5.56 Å². The number of hydrogen-bond acceptors (Lipinski definition) is 8. The molecule has 0 saturated carbocycles. The Balaban J connectivity index is 1.34. The molecule has 5 rings (SSSR count). The Morgan fingerprint density at radius 1 is 1.18 bits per heavy atom. The van der Waals surface area contributed by atoms with Crippen molar-refractivity contribution in [2.45, 2.75) is 19.3 Å². The first-order chi connectivity index (χ1) is 18.6. The zero-order chi connectivity index (χ0) is 26.3. The van der Waals surface area contributed by atoms with E-state index in [0.29, 0.717) is 48.4 Å². The van der Waals surface area contributed by atoms with Crippen LogP contribution in [0.25, 0.3) is 22.6 Å². The van der Waals surface area contributed by atoms with Crippen molar-refractivity contribution in [3.63, 3.8) is 0 Å². The van der Waals surface area contributed by atoms with Crippen molar-refractivity contribution >= 4 is 23.2 Å². The van der Waals surface area contributed by atoms with Gasteiger partial charge in [-0.2, -0.15) is 0 Å². The van der Waals surface area contributed by atoms with Crippen LogP contribution < -0.4 is 10.6 Å². The van der Waals surface area contributed by atoms with Crippen LogP contribution in [-0.4, -0.2) is 51.9 Å². The number of aromatic amines is 1. The number of nitrogens with zero attached hydrogens (tertiary/aromatic N) is 3. The zero-order valence-corrected chi connectivity index (χ0v) is 21.3. The van der Waals surface area contributed by atoms with Crippen molar-refractivity contribution in [3.8, 4) is 22.6 Å². The van der Waals surface area contributed by atoms with Crippen molar-refractivity contribution < 1.29 is 18.7 Å². The highest BCUT2D eigenvalue weighted by atomic mass is 32.1. The lowest BCUT2D eigenvalue weighted by atomic mass is 10.1. The Morgan fingerprint density at radius 2 is 2.00 bits per heavy atom. The summed E-state index contributed by atoms with van der Waals surface area (Å²) in [5.41, 5.74) is 2.67. The molecule has 4 aromatic rings. The summed E-state index contributed by atoms with van der Waals surface area (Å²) in [6.45, 7) is 5.11. The molecule has 0 aliphatic carbocycles. The van der Waals surface area contributed by atoms with E-state index >= 15 is 0 Å². The predicted octanol–water partition coefficient (Wildman–Crippen LogP) is 4.18. The number of thiophene rings is 1. The fourth-order valence-electron chi connectivity index (χ4n) is 3.97. The number of H-pyrrole nitrogens is 1. The van der Waals surface area contributed by atoms with Crippen molar-refractivity contribution in [2.75, 3.05) is 25.1 Å². The molecule has 1 amide bonds. The average molecular weight is 535 g/mol. The second-order valence-electron chi connectivity index (χ2n) is 8.64. The second-order valence-corrected chi connectivity index (χ2v) is 9.68. The molecule has 0 atom stereocenters. The minimum atomic E-state index is -0.563. The maximum Gasteiger partial charge on any atom is 0.228 e. The molecular weight excluding hydrogens is 507 g/mol. The van der Waals surface area contributed by atoms with E-state index in [1.165, 1.54) is 17.0 Å². The molecule has 1 aliphatic rings. The van der Waals surface area contributed by atoms with Gasteiger partial charge in [0.1, 0.15) is 11.6 Å². The number of rotatable bonds is 10. The fourth-order valence-corrected chi connectivity index (χ4v) is 4.62. The maximum absolute atomic E-state index is 13.6. The summed E-state index contributed by atoms with van der Waals surface area (Å²) in [6.07, 6.45) is 3.08. The molecule has 0 bridgehead atoms. The van der Waals surface area contributed by atoms with Gasteiger partial charge in [0.25, 0.3) is 0 Å². The van der Waals surface area contributed by atoms with E-state index in [1.807, 2.05) is 17.5 Å². The number of nitrogens with one attached hydrogen (secondary N) is 3. The molecule has 1 aromatic carbocycles. The normalized spacial score (nSPS) is 17.2. The third-order valence-corrected chi connectivity index (χ3v) is 6.78. The molecule has 1 fully saturated rings.